The zero-order valence-corrected chi connectivity index (χ0v) is 10.9. The summed E-state index contributed by atoms with van der Waals surface area (Å²) in [6, 6.07) is 0. The van der Waals surface area contributed by atoms with E-state index in [-0.39, 0.29) is 17.3 Å². The summed E-state index contributed by atoms with van der Waals surface area (Å²) in [5.74, 6) is 1.19. The molecule has 0 spiro atoms. The third-order valence-electron chi connectivity index (χ3n) is 2.89. The van der Waals surface area contributed by atoms with E-state index in [1.54, 1.807) is 23.8 Å². The van der Waals surface area contributed by atoms with E-state index in [9.17, 15) is 4.79 Å². The highest BCUT2D eigenvalue weighted by Crippen LogP contribution is 2.39. The molecule has 0 saturated carbocycles. The second-order valence-corrected chi connectivity index (χ2v) is 5.79. The Bertz CT molecular complexity index is 229. The number of carbonyl (C=O) groups is 1. The number of nitrogens with zero attached hydrogens (tertiary/aromatic N) is 1. The number of amides is 1. The Balaban J connectivity index is 2.58. The molecule has 1 aliphatic rings. The first-order chi connectivity index (χ1) is 7.64. The van der Waals surface area contributed by atoms with Crippen LogP contribution in [0.4, 0.5) is 0 Å². The van der Waals surface area contributed by atoms with Gasteiger partial charge in [-0.1, -0.05) is 0 Å². The van der Waals surface area contributed by atoms with Crippen LogP contribution in [-0.4, -0.2) is 59.8 Å². The first-order valence-corrected chi connectivity index (χ1v) is 6.66. The molecule has 16 heavy (non-hydrogen) atoms. The van der Waals surface area contributed by atoms with Gasteiger partial charge in [0.1, 0.15) is 0 Å². The van der Waals surface area contributed by atoms with Crippen LogP contribution in [-0.2, 0) is 9.53 Å². The number of aliphatic hydroxyl groups is 1. The fourth-order valence-electron chi connectivity index (χ4n) is 1.92. The molecule has 94 valence electrons. The average molecular weight is 247 g/mol. The summed E-state index contributed by atoms with van der Waals surface area (Å²) >= 11 is 1.73. The molecule has 1 heterocycles. The van der Waals surface area contributed by atoms with Crippen LogP contribution in [0.1, 0.15) is 19.8 Å². The number of rotatable bonds is 6. The minimum absolute atomic E-state index is 0.0101. The van der Waals surface area contributed by atoms with Gasteiger partial charge in [0.25, 0.3) is 0 Å². The number of hydrogen-bond acceptors (Lipinski definition) is 4. The first-order valence-electron chi connectivity index (χ1n) is 5.67. The van der Waals surface area contributed by atoms with Crippen LogP contribution in [0.2, 0.25) is 0 Å². The van der Waals surface area contributed by atoms with Crippen molar-refractivity contribution in [1.29, 1.82) is 0 Å². The molecule has 1 amide bonds. The van der Waals surface area contributed by atoms with Crippen molar-refractivity contribution in [3.05, 3.63) is 0 Å². The molecule has 1 fully saturated rings. The molecule has 1 rings (SSSR count). The van der Waals surface area contributed by atoms with Gasteiger partial charge in [-0.3, -0.25) is 4.79 Å². The lowest BCUT2D eigenvalue weighted by Crippen LogP contribution is -2.46. The third-order valence-corrected chi connectivity index (χ3v) is 4.40. The smallest absolute Gasteiger partial charge is 0.238 e. The van der Waals surface area contributed by atoms with E-state index in [1.165, 1.54) is 0 Å². The summed E-state index contributed by atoms with van der Waals surface area (Å²) in [4.78, 5) is 14.0. The third kappa shape index (κ3) is 3.37. The monoisotopic (exact) mass is 247 g/mol. The summed E-state index contributed by atoms with van der Waals surface area (Å²) < 4.78 is 4.69. The minimum atomic E-state index is -0.289. The van der Waals surface area contributed by atoms with Gasteiger partial charge < -0.3 is 14.7 Å². The molecule has 0 aromatic rings. The Labute approximate surface area is 101 Å². The molecule has 1 unspecified atom stereocenters. The predicted molar refractivity (Wildman–Crippen MR) is 65.6 cm³/mol. The van der Waals surface area contributed by atoms with Gasteiger partial charge in [0.05, 0.1) is 18.0 Å². The SMILES string of the molecule is COCCN(CCO)C(=O)C1(C)CCCS1. The summed E-state index contributed by atoms with van der Waals surface area (Å²) in [7, 11) is 1.62. The highest BCUT2D eigenvalue weighted by molar-refractivity contribution is 8.01. The normalized spacial score (nSPS) is 24.7. The molecule has 0 aliphatic carbocycles. The van der Waals surface area contributed by atoms with Crippen LogP contribution >= 0.6 is 11.8 Å². The van der Waals surface area contributed by atoms with Crippen molar-refractivity contribution in [2.75, 3.05) is 39.2 Å². The fourth-order valence-corrected chi connectivity index (χ4v) is 3.20. The number of ether oxygens (including phenoxy) is 1. The summed E-state index contributed by atoms with van der Waals surface area (Å²) in [5, 5.41) is 8.97. The lowest BCUT2D eigenvalue weighted by molar-refractivity contribution is -0.134. The maximum absolute atomic E-state index is 12.3. The Hall–Kier alpha value is -0.260. The van der Waals surface area contributed by atoms with Crippen molar-refractivity contribution in [3.63, 3.8) is 0 Å². The number of carbonyl (C=O) groups excluding carboxylic acids is 1. The molecular weight excluding hydrogens is 226 g/mol. The lowest BCUT2D eigenvalue weighted by atomic mass is 10.0. The van der Waals surface area contributed by atoms with Crippen molar-refractivity contribution < 1.29 is 14.6 Å². The van der Waals surface area contributed by atoms with Crippen LogP contribution in [0.15, 0.2) is 0 Å². The topological polar surface area (TPSA) is 49.8 Å². The highest BCUT2D eigenvalue weighted by Gasteiger charge is 2.39. The highest BCUT2D eigenvalue weighted by atomic mass is 32.2. The summed E-state index contributed by atoms with van der Waals surface area (Å²) in [6.07, 6.45) is 2.04. The predicted octanol–water partition coefficient (Wildman–Crippen LogP) is 0.739. The Morgan fingerprint density at radius 1 is 1.56 bits per heavy atom. The fraction of sp³-hybridized carbons (Fsp3) is 0.909. The van der Waals surface area contributed by atoms with Gasteiger partial charge in [-0.2, -0.15) is 0 Å². The van der Waals surface area contributed by atoms with Gasteiger partial charge in [0.2, 0.25) is 5.91 Å². The lowest BCUT2D eigenvalue weighted by Gasteiger charge is -2.30. The zero-order valence-electron chi connectivity index (χ0n) is 10.1. The van der Waals surface area contributed by atoms with E-state index >= 15 is 0 Å². The van der Waals surface area contributed by atoms with Crippen LogP contribution in [0.3, 0.4) is 0 Å². The second kappa shape index (κ2) is 6.47. The molecule has 1 N–H and O–H groups in total. The zero-order chi connectivity index (χ0) is 12.0. The van der Waals surface area contributed by atoms with Crippen molar-refractivity contribution in [3.8, 4) is 0 Å². The van der Waals surface area contributed by atoms with Crippen molar-refractivity contribution in [2.24, 2.45) is 0 Å². The van der Waals surface area contributed by atoms with Gasteiger partial charge in [-0.15, -0.1) is 11.8 Å². The summed E-state index contributed by atoms with van der Waals surface area (Å²) in [5.41, 5.74) is 0. The molecule has 0 radical (unpaired) electrons. The van der Waals surface area contributed by atoms with Gasteiger partial charge in [0.15, 0.2) is 0 Å². The number of methoxy groups -OCH3 is 1. The van der Waals surface area contributed by atoms with E-state index < -0.39 is 0 Å². The Kier molecular flexibility index (Phi) is 5.58. The van der Waals surface area contributed by atoms with Gasteiger partial charge in [-0.05, 0) is 25.5 Å². The number of thioether (sulfide) groups is 1. The average Bonchev–Trinajstić information content (AvgIpc) is 2.72. The van der Waals surface area contributed by atoms with Crippen molar-refractivity contribution in [1.82, 2.24) is 4.90 Å². The van der Waals surface area contributed by atoms with Gasteiger partial charge in [-0.25, -0.2) is 0 Å². The van der Waals surface area contributed by atoms with Crippen molar-refractivity contribution in [2.45, 2.75) is 24.5 Å². The molecule has 1 saturated heterocycles. The Morgan fingerprint density at radius 3 is 2.81 bits per heavy atom. The first kappa shape index (κ1) is 13.8. The van der Waals surface area contributed by atoms with E-state index in [1.807, 2.05) is 6.92 Å². The van der Waals surface area contributed by atoms with E-state index in [4.69, 9.17) is 9.84 Å². The molecule has 4 nitrogen and oxygen atoms in total. The molecular formula is C11H21NO3S. The van der Waals surface area contributed by atoms with Crippen LogP contribution in [0, 0.1) is 0 Å². The van der Waals surface area contributed by atoms with E-state index in [2.05, 4.69) is 0 Å². The quantitative estimate of drug-likeness (QED) is 0.752. The van der Waals surface area contributed by atoms with Gasteiger partial charge >= 0.3 is 0 Å². The molecule has 0 aromatic heterocycles. The largest absolute Gasteiger partial charge is 0.395 e. The molecule has 1 atom stereocenters. The molecule has 0 aromatic carbocycles. The molecule has 5 heteroatoms. The van der Waals surface area contributed by atoms with Gasteiger partial charge in [0, 0.05) is 20.2 Å². The van der Waals surface area contributed by atoms with E-state index in [0.717, 1.165) is 18.6 Å². The minimum Gasteiger partial charge on any atom is -0.395 e. The van der Waals surface area contributed by atoms with Crippen LogP contribution in [0.5, 0.6) is 0 Å². The Morgan fingerprint density at radius 2 is 2.31 bits per heavy atom. The number of aliphatic hydroxyl groups excluding tert-OH is 1. The van der Waals surface area contributed by atoms with Crippen LogP contribution < -0.4 is 0 Å². The second-order valence-electron chi connectivity index (χ2n) is 4.19. The maximum Gasteiger partial charge on any atom is 0.238 e. The molecule has 1 aliphatic heterocycles. The van der Waals surface area contributed by atoms with Crippen molar-refractivity contribution >= 4 is 17.7 Å². The maximum atomic E-state index is 12.3. The molecule has 0 bridgehead atoms. The standard InChI is InChI=1S/C11H21NO3S/c1-11(4-3-9-16-11)10(14)12(5-7-13)6-8-15-2/h13H,3-9H2,1-2H3. The van der Waals surface area contributed by atoms with Crippen LogP contribution in [0.25, 0.3) is 0 Å². The van der Waals surface area contributed by atoms with E-state index in [0.29, 0.717) is 19.7 Å². The number of hydrogen-bond donors (Lipinski definition) is 1. The summed E-state index contributed by atoms with van der Waals surface area (Å²) in [6.45, 7) is 3.50.